The van der Waals surface area contributed by atoms with Crippen molar-refractivity contribution in [2.75, 3.05) is 10.6 Å². The molecule has 0 aliphatic carbocycles. The predicted molar refractivity (Wildman–Crippen MR) is 90.6 cm³/mol. The Morgan fingerprint density at radius 1 is 0.826 bits per heavy atom. The molecule has 23 heavy (non-hydrogen) atoms. The van der Waals surface area contributed by atoms with Crippen molar-refractivity contribution >= 4 is 23.2 Å². The van der Waals surface area contributed by atoms with E-state index < -0.39 is 5.41 Å². The van der Waals surface area contributed by atoms with Gasteiger partial charge in [0.05, 0.1) is 0 Å². The van der Waals surface area contributed by atoms with Crippen LogP contribution in [0.3, 0.4) is 0 Å². The van der Waals surface area contributed by atoms with Gasteiger partial charge in [0.25, 0.3) is 5.91 Å². The molecule has 0 bridgehead atoms. The van der Waals surface area contributed by atoms with Crippen LogP contribution in [0, 0.1) is 5.41 Å². The van der Waals surface area contributed by atoms with Gasteiger partial charge in [0.2, 0.25) is 5.91 Å². The van der Waals surface area contributed by atoms with E-state index in [1.54, 1.807) is 36.4 Å². The van der Waals surface area contributed by atoms with E-state index in [4.69, 9.17) is 0 Å². The van der Waals surface area contributed by atoms with Crippen molar-refractivity contribution in [1.82, 2.24) is 0 Å². The number of benzene rings is 2. The highest BCUT2D eigenvalue weighted by atomic mass is 16.3. The third-order valence-corrected chi connectivity index (χ3v) is 3.21. The first kappa shape index (κ1) is 16.5. The second-order valence-electron chi connectivity index (χ2n) is 6.28. The van der Waals surface area contributed by atoms with E-state index in [0.717, 1.165) is 0 Å². The van der Waals surface area contributed by atoms with Crippen LogP contribution in [0.25, 0.3) is 0 Å². The number of hydrogen-bond donors (Lipinski definition) is 3. The molecule has 5 heteroatoms. The lowest BCUT2D eigenvalue weighted by Crippen LogP contribution is -2.27. The van der Waals surface area contributed by atoms with Crippen molar-refractivity contribution < 1.29 is 14.7 Å². The van der Waals surface area contributed by atoms with Crippen LogP contribution in [-0.2, 0) is 4.79 Å². The second-order valence-corrected chi connectivity index (χ2v) is 6.28. The van der Waals surface area contributed by atoms with Gasteiger partial charge in [-0.25, -0.2) is 0 Å². The van der Waals surface area contributed by atoms with Gasteiger partial charge < -0.3 is 15.7 Å². The van der Waals surface area contributed by atoms with Gasteiger partial charge in [-0.3, -0.25) is 9.59 Å². The molecule has 0 fully saturated rings. The third kappa shape index (κ3) is 4.57. The maximum atomic E-state index is 12.1. The van der Waals surface area contributed by atoms with E-state index in [9.17, 15) is 14.7 Å². The van der Waals surface area contributed by atoms with Crippen LogP contribution in [0.1, 0.15) is 31.1 Å². The van der Waals surface area contributed by atoms with Crippen molar-refractivity contribution in [3.05, 3.63) is 54.1 Å². The highest BCUT2D eigenvalue weighted by molar-refractivity contribution is 6.04. The Kier molecular flexibility index (Phi) is 4.69. The van der Waals surface area contributed by atoms with E-state index >= 15 is 0 Å². The number of aromatic hydroxyl groups is 1. The molecule has 0 saturated carbocycles. The van der Waals surface area contributed by atoms with E-state index in [-0.39, 0.29) is 17.6 Å². The summed E-state index contributed by atoms with van der Waals surface area (Å²) in [5, 5.41) is 14.8. The lowest BCUT2D eigenvalue weighted by molar-refractivity contribution is -0.123. The summed E-state index contributed by atoms with van der Waals surface area (Å²) in [4.78, 5) is 24.0. The summed E-state index contributed by atoms with van der Waals surface area (Å²) < 4.78 is 0. The van der Waals surface area contributed by atoms with E-state index in [0.29, 0.717) is 16.9 Å². The molecule has 0 spiro atoms. The number of hydrogen-bond acceptors (Lipinski definition) is 3. The summed E-state index contributed by atoms with van der Waals surface area (Å²) in [6.07, 6.45) is 0. The molecule has 0 heterocycles. The molecule has 0 saturated heterocycles. The molecule has 2 amide bonds. The first-order valence-corrected chi connectivity index (χ1v) is 7.27. The fourth-order valence-electron chi connectivity index (χ4n) is 1.77. The summed E-state index contributed by atoms with van der Waals surface area (Å²) in [5.74, 6) is -0.204. The molecule has 0 unspecified atom stereocenters. The molecular weight excluding hydrogens is 292 g/mol. The molecule has 0 radical (unpaired) electrons. The molecule has 3 N–H and O–H groups in total. The summed E-state index contributed by atoms with van der Waals surface area (Å²) >= 11 is 0. The molecule has 5 nitrogen and oxygen atoms in total. The van der Waals surface area contributed by atoms with Crippen LogP contribution in [0.5, 0.6) is 5.75 Å². The van der Waals surface area contributed by atoms with E-state index in [1.165, 1.54) is 12.1 Å². The summed E-state index contributed by atoms with van der Waals surface area (Å²) in [6, 6.07) is 12.9. The standard InChI is InChI=1S/C18H20N2O3/c1-18(2,3)17(23)20-14-6-4-12(5-7-14)16(22)19-13-8-10-15(21)11-9-13/h4-11,21H,1-3H3,(H,19,22)(H,20,23). The highest BCUT2D eigenvalue weighted by Gasteiger charge is 2.21. The van der Waals surface area contributed by atoms with Crippen LogP contribution in [0.2, 0.25) is 0 Å². The topological polar surface area (TPSA) is 78.4 Å². The van der Waals surface area contributed by atoms with Crippen LogP contribution in [0.15, 0.2) is 48.5 Å². The summed E-state index contributed by atoms with van der Waals surface area (Å²) in [7, 11) is 0. The van der Waals surface area contributed by atoms with Crippen LogP contribution >= 0.6 is 0 Å². The monoisotopic (exact) mass is 312 g/mol. The Labute approximate surface area is 135 Å². The third-order valence-electron chi connectivity index (χ3n) is 3.21. The largest absolute Gasteiger partial charge is 0.508 e. The minimum Gasteiger partial charge on any atom is -0.508 e. The highest BCUT2D eigenvalue weighted by Crippen LogP contribution is 2.19. The molecule has 0 aliphatic heterocycles. The first-order valence-electron chi connectivity index (χ1n) is 7.27. The smallest absolute Gasteiger partial charge is 0.255 e. The minimum atomic E-state index is -0.477. The maximum absolute atomic E-state index is 12.1. The van der Waals surface area contributed by atoms with Crippen LogP contribution < -0.4 is 10.6 Å². The number of carbonyl (C=O) groups is 2. The molecule has 120 valence electrons. The van der Waals surface area contributed by atoms with Gasteiger partial charge in [0.15, 0.2) is 0 Å². The zero-order chi connectivity index (χ0) is 17.0. The number of rotatable bonds is 3. The molecule has 2 rings (SSSR count). The molecule has 0 atom stereocenters. The molecule has 0 aromatic heterocycles. The minimum absolute atomic E-state index is 0.0844. The number of carbonyl (C=O) groups excluding carboxylic acids is 2. The van der Waals surface area contributed by atoms with Gasteiger partial charge in [0, 0.05) is 22.4 Å². The summed E-state index contributed by atoms with van der Waals surface area (Å²) in [6.45, 7) is 5.51. The van der Waals surface area contributed by atoms with Crippen LogP contribution in [0.4, 0.5) is 11.4 Å². The number of phenolic OH excluding ortho intramolecular Hbond substituents is 1. The Morgan fingerprint density at radius 3 is 1.83 bits per heavy atom. The Morgan fingerprint density at radius 2 is 1.30 bits per heavy atom. The zero-order valence-corrected chi connectivity index (χ0v) is 13.4. The Bertz CT molecular complexity index is 699. The van der Waals surface area contributed by atoms with E-state index in [2.05, 4.69) is 10.6 Å². The van der Waals surface area contributed by atoms with Gasteiger partial charge in [-0.05, 0) is 48.5 Å². The van der Waals surface area contributed by atoms with Crippen molar-refractivity contribution in [2.45, 2.75) is 20.8 Å². The van der Waals surface area contributed by atoms with Gasteiger partial charge in [-0.15, -0.1) is 0 Å². The molecule has 2 aromatic rings. The fraction of sp³-hybridized carbons (Fsp3) is 0.222. The number of phenols is 1. The lowest BCUT2D eigenvalue weighted by Gasteiger charge is -2.17. The number of amides is 2. The lowest BCUT2D eigenvalue weighted by atomic mass is 9.95. The Balaban J connectivity index is 2.02. The normalized spacial score (nSPS) is 10.9. The van der Waals surface area contributed by atoms with Gasteiger partial charge >= 0.3 is 0 Å². The first-order chi connectivity index (χ1) is 10.8. The average molecular weight is 312 g/mol. The summed E-state index contributed by atoms with van der Waals surface area (Å²) in [5.41, 5.74) is 1.24. The predicted octanol–water partition coefficient (Wildman–Crippen LogP) is 3.63. The van der Waals surface area contributed by atoms with Crippen molar-refractivity contribution in [1.29, 1.82) is 0 Å². The molecule has 0 aliphatic rings. The zero-order valence-electron chi connectivity index (χ0n) is 13.4. The SMILES string of the molecule is CC(C)(C)C(=O)Nc1ccc(C(=O)Nc2ccc(O)cc2)cc1. The van der Waals surface area contributed by atoms with E-state index in [1.807, 2.05) is 20.8 Å². The van der Waals surface area contributed by atoms with Gasteiger partial charge in [0.1, 0.15) is 5.75 Å². The quantitative estimate of drug-likeness (QED) is 0.757. The maximum Gasteiger partial charge on any atom is 0.255 e. The molecular formula is C18H20N2O3. The van der Waals surface area contributed by atoms with Gasteiger partial charge in [-0.2, -0.15) is 0 Å². The van der Waals surface area contributed by atoms with Crippen molar-refractivity contribution in [3.63, 3.8) is 0 Å². The fourth-order valence-corrected chi connectivity index (χ4v) is 1.77. The van der Waals surface area contributed by atoms with Crippen molar-refractivity contribution in [3.8, 4) is 5.75 Å². The van der Waals surface area contributed by atoms with Crippen molar-refractivity contribution in [2.24, 2.45) is 5.41 Å². The van der Waals surface area contributed by atoms with Crippen LogP contribution in [-0.4, -0.2) is 16.9 Å². The number of anilines is 2. The second kappa shape index (κ2) is 6.52. The Hall–Kier alpha value is -2.82. The molecule has 2 aromatic carbocycles. The number of nitrogens with one attached hydrogen (secondary N) is 2. The average Bonchev–Trinajstić information content (AvgIpc) is 2.49. The van der Waals surface area contributed by atoms with Gasteiger partial charge in [-0.1, -0.05) is 20.8 Å².